The van der Waals surface area contributed by atoms with Crippen molar-refractivity contribution in [3.05, 3.63) is 41.3 Å². The summed E-state index contributed by atoms with van der Waals surface area (Å²) in [7, 11) is 1.90. The lowest BCUT2D eigenvalue weighted by atomic mass is 10.1. The van der Waals surface area contributed by atoms with E-state index >= 15 is 0 Å². The minimum Gasteiger partial charge on any atom is -0.334 e. The average molecular weight is 354 g/mol. The van der Waals surface area contributed by atoms with E-state index in [-0.39, 0.29) is 18.4 Å². The molecule has 6 nitrogen and oxygen atoms in total. The van der Waals surface area contributed by atoms with Crippen LogP contribution in [0.5, 0.6) is 0 Å². The van der Waals surface area contributed by atoms with E-state index in [1.54, 1.807) is 6.20 Å². The van der Waals surface area contributed by atoms with Gasteiger partial charge in [0.05, 0.1) is 17.5 Å². The highest BCUT2D eigenvalue weighted by atomic mass is 35.5. The molecule has 0 amide bonds. The molecule has 3 rings (SSSR count). The number of nitrogens with one attached hydrogen (secondary N) is 2. The van der Waals surface area contributed by atoms with Crippen molar-refractivity contribution in [3.63, 3.8) is 0 Å². The molecule has 0 aliphatic heterocycles. The lowest BCUT2D eigenvalue weighted by molar-refractivity contribution is 0.418. The quantitative estimate of drug-likeness (QED) is 0.735. The second-order valence-electron chi connectivity index (χ2n) is 5.08. The Labute approximate surface area is 145 Å². The van der Waals surface area contributed by atoms with Crippen LogP contribution in [0.2, 0.25) is 5.02 Å². The lowest BCUT2D eigenvalue weighted by Gasteiger charge is -2.04. The van der Waals surface area contributed by atoms with Crippen LogP contribution in [0.1, 0.15) is 12.7 Å². The Balaban J connectivity index is 0.00000192. The summed E-state index contributed by atoms with van der Waals surface area (Å²) >= 11 is 5.92. The molecule has 0 saturated heterocycles. The van der Waals surface area contributed by atoms with Crippen molar-refractivity contribution in [1.29, 1.82) is 0 Å². The van der Waals surface area contributed by atoms with Gasteiger partial charge in [-0.25, -0.2) is 0 Å². The Morgan fingerprint density at radius 3 is 2.74 bits per heavy atom. The van der Waals surface area contributed by atoms with Crippen molar-refractivity contribution in [2.24, 2.45) is 0 Å². The predicted molar refractivity (Wildman–Crippen MR) is 91.8 cm³/mol. The molecule has 3 aromatic rings. The fraction of sp³-hybridized carbons (Fsp3) is 0.267. The summed E-state index contributed by atoms with van der Waals surface area (Å²) < 4.78 is 5.37. The maximum atomic E-state index is 5.92. The fourth-order valence-corrected chi connectivity index (χ4v) is 2.23. The molecular formula is C15H17Cl2N5O. The molecule has 2 N–H and O–H groups in total. The van der Waals surface area contributed by atoms with Gasteiger partial charge in [0.1, 0.15) is 0 Å². The van der Waals surface area contributed by atoms with E-state index < -0.39 is 0 Å². The molecule has 0 radical (unpaired) electrons. The molecular weight excluding hydrogens is 337 g/mol. The zero-order valence-electron chi connectivity index (χ0n) is 12.7. The fourth-order valence-electron chi connectivity index (χ4n) is 2.11. The Morgan fingerprint density at radius 1 is 1.30 bits per heavy atom. The number of H-pyrrole nitrogens is 1. The number of likely N-dealkylation sites (N-methyl/N-ethyl adjacent to an activating group) is 1. The van der Waals surface area contributed by atoms with E-state index in [4.69, 9.17) is 16.1 Å². The van der Waals surface area contributed by atoms with Crippen LogP contribution in [-0.2, 0) is 6.42 Å². The first-order valence-electron chi connectivity index (χ1n) is 6.97. The van der Waals surface area contributed by atoms with Crippen LogP contribution in [0.15, 0.2) is 35.0 Å². The van der Waals surface area contributed by atoms with Gasteiger partial charge >= 0.3 is 0 Å². The lowest BCUT2D eigenvalue weighted by Crippen LogP contribution is -2.24. The molecule has 23 heavy (non-hydrogen) atoms. The van der Waals surface area contributed by atoms with Gasteiger partial charge in [-0.1, -0.05) is 28.9 Å². The Hall–Kier alpha value is -1.89. The third-order valence-corrected chi connectivity index (χ3v) is 3.70. The zero-order valence-corrected chi connectivity index (χ0v) is 14.3. The molecule has 0 bridgehead atoms. The van der Waals surface area contributed by atoms with Gasteiger partial charge in [-0.3, -0.25) is 5.10 Å². The number of hydrogen-bond donors (Lipinski definition) is 2. The minimum absolute atomic E-state index is 0. The summed E-state index contributed by atoms with van der Waals surface area (Å²) in [6.45, 7) is 2.06. The number of hydrogen-bond acceptors (Lipinski definition) is 5. The van der Waals surface area contributed by atoms with Crippen molar-refractivity contribution in [2.45, 2.75) is 19.4 Å². The van der Waals surface area contributed by atoms with Gasteiger partial charge in [-0.05, 0) is 26.1 Å². The van der Waals surface area contributed by atoms with Gasteiger partial charge in [0.2, 0.25) is 0 Å². The first kappa shape index (κ1) is 17.5. The van der Waals surface area contributed by atoms with Crippen molar-refractivity contribution in [1.82, 2.24) is 25.7 Å². The second-order valence-corrected chi connectivity index (χ2v) is 5.51. The first-order valence-corrected chi connectivity index (χ1v) is 7.34. The molecule has 0 aliphatic carbocycles. The predicted octanol–water partition coefficient (Wildman–Crippen LogP) is 3.35. The van der Waals surface area contributed by atoms with Crippen LogP contribution in [0.3, 0.4) is 0 Å². The van der Waals surface area contributed by atoms with Crippen molar-refractivity contribution < 1.29 is 4.52 Å². The van der Waals surface area contributed by atoms with Crippen molar-refractivity contribution in [3.8, 4) is 22.7 Å². The molecule has 2 aromatic heterocycles. The number of benzene rings is 1. The average Bonchev–Trinajstić information content (AvgIpc) is 3.16. The van der Waals surface area contributed by atoms with E-state index in [2.05, 4.69) is 32.6 Å². The van der Waals surface area contributed by atoms with Gasteiger partial charge in [0.15, 0.2) is 5.82 Å². The molecule has 2 heterocycles. The number of nitrogens with zero attached hydrogens (tertiary/aromatic N) is 3. The monoisotopic (exact) mass is 353 g/mol. The molecule has 0 spiro atoms. The Bertz CT molecular complexity index is 753. The topological polar surface area (TPSA) is 79.6 Å². The standard InChI is InChI=1S/C15H16ClN5O.ClH/c1-9(17-2)7-13-19-15(22-21-13)12-8-18-20-14(12)10-3-5-11(16)6-4-10;/h3-6,8-9,17H,7H2,1-2H3,(H,18,20);1H. The van der Waals surface area contributed by atoms with Gasteiger partial charge in [0.25, 0.3) is 5.89 Å². The number of rotatable bonds is 5. The number of halogens is 2. The summed E-state index contributed by atoms with van der Waals surface area (Å²) in [5.74, 6) is 1.12. The normalized spacial score (nSPS) is 12.0. The maximum absolute atomic E-state index is 5.92. The zero-order chi connectivity index (χ0) is 15.5. The largest absolute Gasteiger partial charge is 0.334 e. The Morgan fingerprint density at radius 2 is 2.04 bits per heavy atom. The summed E-state index contributed by atoms with van der Waals surface area (Å²) in [5.41, 5.74) is 2.56. The van der Waals surface area contributed by atoms with Crippen LogP contribution in [0.4, 0.5) is 0 Å². The SMILES string of the molecule is CNC(C)Cc1noc(-c2cn[nH]c2-c2ccc(Cl)cc2)n1.Cl. The van der Waals surface area contributed by atoms with Crippen LogP contribution >= 0.6 is 24.0 Å². The first-order chi connectivity index (χ1) is 10.7. The van der Waals surface area contributed by atoms with Crippen LogP contribution < -0.4 is 5.32 Å². The minimum atomic E-state index is 0. The molecule has 0 saturated carbocycles. The number of aromatic nitrogens is 4. The third-order valence-electron chi connectivity index (χ3n) is 3.45. The van der Waals surface area contributed by atoms with Gasteiger partial charge in [-0.15, -0.1) is 12.4 Å². The molecule has 8 heteroatoms. The highest BCUT2D eigenvalue weighted by molar-refractivity contribution is 6.30. The van der Waals surface area contributed by atoms with E-state index in [0.29, 0.717) is 23.2 Å². The van der Waals surface area contributed by atoms with Crippen molar-refractivity contribution >= 4 is 24.0 Å². The summed E-state index contributed by atoms with van der Waals surface area (Å²) in [5, 5.41) is 14.9. The molecule has 1 unspecified atom stereocenters. The van der Waals surface area contributed by atoms with Gasteiger partial charge in [0, 0.05) is 23.0 Å². The Kier molecular flexibility index (Phi) is 5.76. The molecule has 0 aliphatic rings. The molecule has 0 fully saturated rings. The van der Waals surface area contributed by atoms with E-state index in [9.17, 15) is 0 Å². The summed E-state index contributed by atoms with van der Waals surface area (Å²) in [6.07, 6.45) is 2.39. The summed E-state index contributed by atoms with van der Waals surface area (Å²) in [6, 6.07) is 7.77. The van der Waals surface area contributed by atoms with E-state index in [0.717, 1.165) is 16.8 Å². The molecule has 122 valence electrons. The highest BCUT2D eigenvalue weighted by Crippen LogP contribution is 2.29. The van der Waals surface area contributed by atoms with Gasteiger partial charge in [-0.2, -0.15) is 10.1 Å². The van der Waals surface area contributed by atoms with E-state index in [1.807, 2.05) is 31.3 Å². The highest BCUT2D eigenvalue weighted by Gasteiger charge is 2.17. The van der Waals surface area contributed by atoms with Crippen LogP contribution in [0.25, 0.3) is 22.7 Å². The smallest absolute Gasteiger partial charge is 0.261 e. The number of aromatic amines is 1. The molecule has 1 aromatic carbocycles. The maximum Gasteiger partial charge on any atom is 0.261 e. The summed E-state index contributed by atoms with van der Waals surface area (Å²) in [4.78, 5) is 4.44. The second kappa shape index (κ2) is 7.59. The van der Waals surface area contributed by atoms with Crippen LogP contribution in [-0.4, -0.2) is 33.4 Å². The van der Waals surface area contributed by atoms with Crippen LogP contribution in [0, 0.1) is 0 Å². The third kappa shape index (κ3) is 3.90. The van der Waals surface area contributed by atoms with Crippen molar-refractivity contribution in [2.75, 3.05) is 7.05 Å². The van der Waals surface area contributed by atoms with E-state index in [1.165, 1.54) is 0 Å². The van der Waals surface area contributed by atoms with Gasteiger partial charge < -0.3 is 9.84 Å². The molecule has 1 atom stereocenters.